The van der Waals surface area contributed by atoms with Crippen LogP contribution < -0.4 is 9.47 Å². The average molecular weight is 291 g/mol. The Kier molecular flexibility index (Phi) is 3.23. The zero-order valence-corrected chi connectivity index (χ0v) is 11.8. The summed E-state index contributed by atoms with van der Waals surface area (Å²) in [5, 5.41) is 9.43. The molecule has 2 heterocycles. The molecule has 112 valence electrons. The van der Waals surface area contributed by atoms with Gasteiger partial charge in [0.05, 0.1) is 5.56 Å². The Hall–Kier alpha value is -2.24. The maximum atomic E-state index is 12.8. The smallest absolute Gasteiger partial charge is 0.329 e. The number of rotatable bonds is 2. The number of ether oxygens (including phenoxy) is 2. The van der Waals surface area contributed by atoms with Crippen LogP contribution in [-0.2, 0) is 4.79 Å². The molecule has 6 heteroatoms. The summed E-state index contributed by atoms with van der Waals surface area (Å²) in [6, 6.07) is 5.11. The first-order valence-electron chi connectivity index (χ1n) is 6.98. The minimum Gasteiger partial charge on any atom is -0.486 e. The molecule has 0 spiro atoms. The average Bonchev–Trinajstić information content (AvgIpc) is 2.89. The Morgan fingerprint density at radius 3 is 2.81 bits per heavy atom. The maximum absolute atomic E-state index is 12.8. The molecule has 1 saturated heterocycles. The van der Waals surface area contributed by atoms with E-state index < -0.39 is 11.5 Å². The lowest BCUT2D eigenvalue weighted by molar-refractivity contribution is -0.147. The van der Waals surface area contributed by atoms with Crippen molar-refractivity contribution in [3.8, 4) is 11.5 Å². The summed E-state index contributed by atoms with van der Waals surface area (Å²) in [6.07, 6.45) is 1.14. The van der Waals surface area contributed by atoms with E-state index in [0.29, 0.717) is 49.7 Å². The largest absolute Gasteiger partial charge is 0.486 e. The second kappa shape index (κ2) is 4.95. The second-order valence-electron chi connectivity index (χ2n) is 5.47. The fourth-order valence-corrected chi connectivity index (χ4v) is 2.90. The van der Waals surface area contributed by atoms with Crippen LogP contribution in [0.4, 0.5) is 0 Å². The highest BCUT2D eigenvalue weighted by Gasteiger charge is 2.46. The summed E-state index contributed by atoms with van der Waals surface area (Å²) >= 11 is 0. The molecule has 2 aliphatic rings. The third-order valence-electron chi connectivity index (χ3n) is 4.14. The lowest BCUT2D eigenvalue weighted by Gasteiger charge is -2.32. The first-order chi connectivity index (χ1) is 10.0. The van der Waals surface area contributed by atoms with Gasteiger partial charge in [0.1, 0.15) is 18.8 Å². The minimum atomic E-state index is -1.16. The monoisotopic (exact) mass is 291 g/mol. The van der Waals surface area contributed by atoms with Crippen molar-refractivity contribution in [1.82, 2.24) is 4.90 Å². The molecule has 1 aromatic rings. The van der Waals surface area contributed by atoms with Gasteiger partial charge in [0.15, 0.2) is 11.5 Å². The summed E-state index contributed by atoms with van der Waals surface area (Å²) < 4.78 is 11.0. The van der Waals surface area contributed by atoms with Crippen molar-refractivity contribution in [2.45, 2.75) is 25.3 Å². The van der Waals surface area contributed by atoms with Gasteiger partial charge in [-0.3, -0.25) is 4.79 Å². The van der Waals surface area contributed by atoms with E-state index >= 15 is 0 Å². The van der Waals surface area contributed by atoms with E-state index in [2.05, 4.69) is 0 Å². The number of aliphatic carboxylic acids is 1. The zero-order chi connectivity index (χ0) is 15.0. The quantitative estimate of drug-likeness (QED) is 0.894. The molecule has 6 nitrogen and oxygen atoms in total. The van der Waals surface area contributed by atoms with Crippen LogP contribution in [0, 0.1) is 0 Å². The predicted molar refractivity (Wildman–Crippen MR) is 73.7 cm³/mol. The molecule has 1 amide bonds. The molecule has 1 unspecified atom stereocenters. The van der Waals surface area contributed by atoms with Gasteiger partial charge in [-0.2, -0.15) is 0 Å². The fourth-order valence-electron chi connectivity index (χ4n) is 2.90. The first-order valence-corrected chi connectivity index (χ1v) is 6.98. The van der Waals surface area contributed by atoms with Crippen LogP contribution in [0.2, 0.25) is 0 Å². The van der Waals surface area contributed by atoms with Crippen LogP contribution in [-0.4, -0.2) is 47.2 Å². The van der Waals surface area contributed by atoms with Crippen LogP contribution in [0.15, 0.2) is 18.2 Å². The minimum absolute atomic E-state index is 0.320. The van der Waals surface area contributed by atoms with Crippen molar-refractivity contribution < 1.29 is 24.2 Å². The highest BCUT2D eigenvalue weighted by atomic mass is 16.6. The van der Waals surface area contributed by atoms with Crippen LogP contribution >= 0.6 is 0 Å². The number of carbonyl (C=O) groups is 2. The third-order valence-corrected chi connectivity index (χ3v) is 4.14. The molecule has 0 radical (unpaired) electrons. The highest BCUT2D eigenvalue weighted by molar-refractivity contribution is 6.01. The number of fused-ring (bicyclic) bond motifs is 1. The number of benzene rings is 1. The van der Waals surface area contributed by atoms with E-state index in [-0.39, 0.29) is 5.91 Å². The molecule has 0 saturated carbocycles. The molecule has 0 bridgehead atoms. The molecular weight excluding hydrogens is 274 g/mol. The van der Waals surface area contributed by atoms with E-state index in [1.165, 1.54) is 4.90 Å². The molecule has 1 N–H and O–H groups in total. The van der Waals surface area contributed by atoms with Gasteiger partial charge in [-0.1, -0.05) is 6.07 Å². The molecule has 21 heavy (non-hydrogen) atoms. The first kappa shape index (κ1) is 13.7. The fraction of sp³-hybridized carbons (Fsp3) is 0.467. The van der Waals surface area contributed by atoms with E-state index in [0.717, 1.165) is 0 Å². The van der Waals surface area contributed by atoms with Crippen molar-refractivity contribution in [3.63, 3.8) is 0 Å². The van der Waals surface area contributed by atoms with E-state index in [1.54, 1.807) is 25.1 Å². The van der Waals surface area contributed by atoms with Crippen LogP contribution in [0.3, 0.4) is 0 Å². The zero-order valence-electron chi connectivity index (χ0n) is 11.8. The summed E-state index contributed by atoms with van der Waals surface area (Å²) in [4.78, 5) is 25.7. The van der Waals surface area contributed by atoms with Gasteiger partial charge >= 0.3 is 5.97 Å². The Morgan fingerprint density at radius 2 is 2.05 bits per heavy atom. The van der Waals surface area contributed by atoms with Gasteiger partial charge in [-0.15, -0.1) is 0 Å². The molecule has 1 atom stereocenters. The summed E-state index contributed by atoms with van der Waals surface area (Å²) in [6.45, 7) is 2.85. The van der Waals surface area contributed by atoms with Crippen LogP contribution in [0.1, 0.15) is 30.1 Å². The van der Waals surface area contributed by atoms with Gasteiger partial charge in [-0.25, -0.2) is 4.79 Å². The third kappa shape index (κ3) is 2.11. The SMILES string of the molecule is CC1(C(=O)O)CCCN1C(=O)c1cccc2c1OCCO2. The van der Waals surface area contributed by atoms with Crippen molar-refractivity contribution in [3.05, 3.63) is 23.8 Å². The van der Waals surface area contributed by atoms with E-state index in [9.17, 15) is 14.7 Å². The number of nitrogens with zero attached hydrogens (tertiary/aromatic N) is 1. The Balaban J connectivity index is 1.98. The molecule has 2 aliphatic heterocycles. The number of hydrogen-bond acceptors (Lipinski definition) is 4. The summed E-state index contributed by atoms with van der Waals surface area (Å²) in [5.74, 6) is -0.355. The predicted octanol–water partition coefficient (Wildman–Crippen LogP) is 1.54. The van der Waals surface area contributed by atoms with Crippen LogP contribution in [0.5, 0.6) is 11.5 Å². The Morgan fingerprint density at radius 1 is 1.29 bits per heavy atom. The Labute approximate surface area is 122 Å². The molecule has 1 aromatic carbocycles. The molecule has 3 rings (SSSR count). The molecule has 1 fully saturated rings. The van der Waals surface area contributed by atoms with Crippen molar-refractivity contribution in [2.24, 2.45) is 0 Å². The van der Waals surface area contributed by atoms with Crippen molar-refractivity contribution in [1.29, 1.82) is 0 Å². The van der Waals surface area contributed by atoms with E-state index in [4.69, 9.17) is 9.47 Å². The lowest BCUT2D eigenvalue weighted by Crippen LogP contribution is -2.50. The summed E-state index contributed by atoms with van der Waals surface area (Å²) in [5.41, 5.74) is -0.795. The topological polar surface area (TPSA) is 76.1 Å². The number of likely N-dealkylation sites (tertiary alicyclic amines) is 1. The van der Waals surface area contributed by atoms with Gasteiger partial charge in [0, 0.05) is 6.54 Å². The maximum Gasteiger partial charge on any atom is 0.329 e. The second-order valence-corrected chi connectivity index (χ2v) is 5.47. The normalized spacial score (nSPS) is 24.0. The van der Waals surface area contributed by atoms with E-state index in [1.807, 2.05) is 0 Å². The molecule has 0 aliphatic carbocycles. The number of para-hydroxylation sites is 1. The lowest BCUT2D eigenvalue weighted by atomic mass is 9.98. The summed E-state index contributed by atoms with van der Waals surface area (Å²) in [7, 11) is 0. The number of carboxylic acid groups (broad SMARTS) is 1. The Bertz CT molecular complexity index is 600. The van der Waals surface area contributed by atoms with Gasteiger partial charge in [-0.05, 0) is 31.9 Å². The number of hydrogen-bond donors (Lipinski definition) is 1. The highest BCUT2D eigenvalue weighted by Crippen LogP contribution is 2.37. The van der Waals surface area contributed by atoms with Gasteiger partial charge in [0.25, 0.3) is 5.91 Å². The van der Waals surface area contributed by atoms with Crippen LogP contribution in [0.25, 0.3) is 0 Å². The number of carboxylic acids is 1. The molecule has 0 aromatic heterocycles. The van der Waals surface area contributed by atoms with Gasteiger partial charge < -0.3 is 19.5 Å². The number of carbonyl (C=O) groups excluding carboxylic acids is 1. The molecular formula is C15H17NO5. The van der Waals surface area contributed by atoms with Gasteiger partial charge in [0.2, 0.25) is 0 Å². The van der Waals surface area contributed by atoms with Crippen molar-refractivity contribution in [2.75, 3.05) is 19.8 Å². The van der Waals surface area contributed by atoms with Crippen molar-refractivity contribution >= 4 is 11.9 Å². The standard InChI is InChI=1S/C15H17NO5/c1-15(14(18)19)6-3-7-16(15)13(17)10-4-2-5-11-12(10)21-9-8-20-11/h2,4-5H,3,6-9H2,1H3,(H,18,19). The number of amides is 1.